The van der Waals surface area contributed by atoms with Gasteiger partial charge in [-0.2, -0.15) is 0 Å². The first-order chi connectivity index (χ1) is 13.2. The van der Waals surface area contributed by atoms with Crippen molar-refractivity contribution in [3.8, 4) is 5.69 Å². The predicted molar refractivity (Wildman–Crippen MR) is 116 cm³/mol. The van der Waals surface area contributed by atoms with E-state index in [1.807, 2.05) is 24.4 Å². The second-order valence-electron chi connectivity index (χ2n) is 6.60. The number of hydrogen-bond acceptors (Lipinski definition) is 2. The average Bonchev–Trinajstić information content (AvgIpc) is 3.28. The molecule has 0 spiro atoms. The highest BCUT2D eigenvalue weighted by molar-refractivity contribution is 9.10. The van der Waals surface area contributed by atoms with Crippen LogP contribution in [0.25, 0.3) is 5.69 Å². The van der Waals surface area contributed by atoms with E-state index in [0.717, 1.165) is 33.9 Å². The van der Waals surface area contributed by atoms with Crippen LogP contribution in [0.4, 0.5) is 0 Å². The molecule has 0 amide bonds. The minimum atomic E-state index is 0.0195. The largest absolute Gasteiger partial charge is 0.352 e. The van der Waals surface area contributed by atoms with Crippen LogP contribution in [0.3, 0.4) is 0 Å². The normalized spacial score (nSPS) is 19.3. The molecule has 0 bridgehead atoms. The molecule has 0 unspecified atom stereocenters. The molecule has 3 aromatic rings. The lowest BCUT2D eigenvalue weighted by molar-refractivity contribution is 0.309. The summed E-state index contributed by atoms with van der Waals surface area (Å²) in [5, 5.41) is 4.30. The van der Waals surface area contributed by atoms with Gasteiger partial charge < -0.3 is 14.8 Å². The van der Waals surface area contributed by atoms with E-state index in [-0.39, 0.29) is 12.1 Å². The first-order valence-electron chi connectivity index (χ1n) is 9.10. The Morgan fingerprint density at radius 1 is 1.15 bits per heavy atom. The van der Waals surface area contributed by atoms with Crippen molar-refractivity contribution in [3.63, 3.8) is 0 Å². The Balaban J connectivity index is 1.81. The minimum Gasteiger partial charge on any atom is -0.352 e. The molecule has 138 valence electrons. The molecule has 1 fully saturated rings. The molecule has 1 aliphatic rings. The Morgan fingerprint density at radius 2 is 2.04 bits per heavy atom. The number of nitrogens with zero attached hydrogens (tertiary/aromatic N) is 3. The summed E-state index contributed by atoms with van der Waals surface area (Å²) in [4.78, 5) is 6.89. The summed E-state index contributed by atoms with van der Waals surface area (Å²) in [6, 6.07) is 18.8. The monoisotopic (exact) mass is 440 g/mol. The van der Waals surface area contributed by atoms with E-state index < -0.39 is 0 Å². The number of benzene rings is 1. The Morgan fingerprint density at radius 3 is 2.78 bits per heavy atom. The maximum Gasteiger partial charge on any atom is 0.170 e. The van der Waals surface area contributed by atoms with Gasteiger partial charge in [-0.1, -0.05) is 35.0 Å². The molecule has 0 saturated carbocycles. The maximum absolute atomic E-state index is 5.69. The molecule has 2 atom stereocenters. The zero-order valence-electron chi connectivity index (χ0n) is 15.0. The Labute approximate surface area is 173 Å². The Kier molecular flexibility index (Phi) is 5.27. The van der Waals surface area contributed by atoms with Gasteiger partial charge in [0, 0.05) is 34.8 Å². The third-order valence-electron chi connectivity index (χ3n) is 4.83. The fraction of sp³-hybridized carbons (Fsp3) is 0.238. The fourth-order valence-corrected chi connectivity index (χ4v) is 4.42. The lowest BCUT2D eigenvalue weighted by Crippen LogP contribution is -2.31. The van der Waals surface area contributed by atoms with Crippen LogP contribution < -0.4 is 5.32 Å². The van der Waals surface area contributed by atoms with Gasteiger partial charge in [-0.25, -0.2) is 0 Å². The van der Waals surface area contributed by atoms with Crippen molar-refractivity contribution in [1.29, 1.82) is 0 Å². The summed E-state index contributed by atoms with van der Waals surface area (Å²) in [6.07, 6.45) is 4.98. The summed E-state index contributed by atoms with van der Waals surface area (Å²) in [5.74, 6) is 0. The molecule has 0 radical (unpaired) electrons. The van der Waals surface area contributed by atoms with Crippen LogP contribution in [-0.2, 0) is 0 Å². The number of aromatic nitrogens is 2. The molecule has 0 aliphatic carbocycles. The van der Waals surface area contributed by atoms with E-state index in [1.165, 1.54) is 5.69 Å². The molecular formula is C21H21BrN4S. The molecule has 27 heavy (non-hydrogen) atoms. The van der Waals surface area contributed by atoms with Crippen molar-refractivity contribution in [3.05, 3.63) is 82.9 Å². The van der Waals surface area contributed by atoms with E-state index in [9.17, 15) is 0 Å². The maximum atomic E-state index is 5.69. The van der Waals surface area contributed by atoms with Crippen LogP contribution in [0, 0.1) is 0 Å². The van der Waals surface area contributed by atoms with Crippen molar-refractivity contribution in [2.45, 2.75) is 25.4 Å². The zero-order valence-corrected chi connectivity index (χ0v) is 17.5. The highest BCUT2D eigenvalue weighted by atomic mass is 79.9. The highest BCUT2D eigenvalue weighted by Gasteiger charge is 2.40. The van der Waals surface area contributed by atoms with Gasteiger partial charge in [0.2, 0.25) is 0 Å². The van der Waals surface area contributed by atoms with Crippen molar-refractivity contribution in [2.75, 3.05) is 6.54 Å². The lowest BCUT2D eigenvalue weighted by Gasteiger charge is -2.28. The molecular weight excluding hydrogens is 420 g/mol. The number of pyridine rings is 1. The molecule has 1 aromatic carbocycles. The SMILES string of the molecule is CCCN1C(=S)N[C@@H](c2ccccn2)[C@H]1c1cccn1-c1cccc(Br)c1. The van der Waals surface area contributed by atoms with Gasteiger partial charge in [0.25, 0.3) is 0 Å². The van der Waals surface area contributed by atoms with Gasteiger partial charge in [0.05, 0.1) is 17.8 Å². The Bertz CT molecular complexity index is 940. The number of halogens is 1. The smallest absolute Gasteiger partial charge is 0.170 e. The van der Waals surface area contributed by atoms with E-state index in [2.05, 4.69) is 85.2 Å². The number of thiocarbonyl (C=S) groups is 1. The van der Waals surface area contributed by atoms with Crippen LogP contribution >= 0.6 is 28.1 Å². The fourth-order valence-electron chi connectivity index (χ4n) is 3.70. The van der Waals surface area contributed by atoms with E-state index >= 15 is 0 Å². The van der Waals surface area contributed by atoms with E-state index in [4.69, 9.17) is 12.2 Å². The predicted octanol–water partition coefficient (Wildman–Crippen LogP) is 5.02. The van der Waals surface area contributed by atoms with Gasteiger partial charge in [-0.05, 0) is 61.1 Å². The number of hydrogen-bond donors (Lipinski definition) is 1. The highest BCUT2D eigenvalue weighted by Crippen LogP contribution is 2.39. The number of nitrogens with one attached hydrogen (secondary N) is 1. The quantitative estimate of drug-likeness (QED) is 0.564. The van der Waals surface area contributed by atoms with Crippen molar-refractivity contribution in [2.24, 2.45) is 0 Å². The van der Waals surface area contributed by atoms with E-state index in [0.29, 0.717) is 0 Å². The second kappa shape index (κ2) is 7.82. The van der Waals surface area contributed by atoms with Crippen LogP contribution in [0.2, 0.25) is 0 Å². The Hall–Kier alpha value is -2.18. The van der Waals surface area contributed by atoms with E-state index in [1.54, 1.807) is 0 Å². The molecule has 1 saturated heterocycles. The molecule has 1 aliphatic heterocycles. The summed E-state index contributed by atoms with van der Waals surface area (Å²) in [7, 11) is 0. The van der Waals surface area contributed by atoms with Crippen molar-refractivity contribution >= 4 is 33.3 Å². The molecule has 1 N–H and O–H groups in total. The lowest BCUT2D eigenvalue weighted by atomic mass is 10.0. The summed E-state index contributed by atoms with van der Waals surface area (Å²) >= 11 is 9.27. The average molecular weight is 441 g/mol. The minimum absolute atomic E-state index is 0.0195. The third kappa shape index (κ3) is 3.51. The van der Waals surface area contributed by atoms with Gasteiger partial charge in [0.15, 0.2) is 5.11 Å². The standard InChI is InChI=1S/C21H21BrN4S/c1-2-12-26-20(19(24-21(26)27)17-9-3-4-11-23-17)18-10-6-13-25(18)16-8-5-7-15(22)14-16/h3-11,13-14,19-20H,2,12H2,1H3,(H,24,27)/t19-,20+/m0/s1. The van der Waals surface area contributed by atoms with Crippen molar-refractivity contribution in [1.82, 2.24) is 19.8 Å². The topological polar surface area (TPSA) is 33.1 Å². The first kappa shape index (κ1) is 18.2. The number of rotatable bonds is 5. The summed E-state index contributed by atoms with van der Waals surface area (Å²) in [5.41, 5.74) is 3.33. The van der Waals surface area contributed by atoms with Gasteiger partial charge in [-0.3, -0.25) is 4.98 Å². The van der Waals surface area contributed by atoms with Crippen LogP contribution in [0.5, 0.6) is 0 Å². The molecule has 2 aromatic heterocycles. The van der Waals surface area contributed by atoms with Gasteiger partial charge >= 0.3 is 0 Å². The molecule has 4 rings (SSSR count). The summed E-state index contributed by atoms with van der Waals surface area (Å²) in [6.45, 7) is 3.09. The first-order valence-corrected chi connectivity index (χ1v) is 10.3. The molecule has 6 heteroatoms. The van der Waals surface area contributed by atoms with Crippen LogP contribution in [0.15, 0.2) is 71.5 Å². The van der Waals surface area contributed by atoms with Gasteiger partial charge in [-0.15, -0.1) is 0 Å². The van der Waals surface area contributed by atoms with Crippen molar-refractivity contribution < 1.29 is 0 Å². The third-order valence-corrected chi connectivity index (χ3v) is 5.68. The molecule has 3 heterocycles. The van der Waals surface area contributed by atoms with Crippen LogP contribution in [0.1, 0.15) is 36.8 Å². The van der Waals surface area contributed by atoms with Crippen LogP contribution in [-0.4, -0.2) is 26.1 Å². The second-order valence-corrected chi connectivity index (χ2v) is 7.91. The van der Waals surface area contributed by atoms with Gasteiger partial charge in [0.1, 0.15) is 0 Å². The summed E-state index contributed by atoms with van der Waals surface area (Å²) < 4.78 is 3.30. The molecule has 4 nitrogen and oxygen atoms in total. The zero-order chi connectivity index (χ0) is 18.8.